The van der Waals surface area contributed by atoms with Gasteiger partial charge in [-0.25, -0.2) is 4.98 Å². The number of anilines is 1. The lowest BCUT2D eigenvalue weighted by Crippen LogP contribution is -2.14. The molecule has 5 aromatic carbocycles. The van der Waals surface area contributed by atoms with Crippen molar-refractivity contribution in [2.45, 2.75) is 6.92 Å². The van der Waals surface area contributed by atoms with E-state index in [1.807, 2.05) is 79.7 Å². The van der Waals surface area contributed by atoms with E-state index in [4.69, 9.17) is 4.98 Å². The summed E-state index contributed by atoms with van der Waals surface area (Å²) in [7, 11) is 0. The van der Waals surface area contributed by atoms with Crippen LogP contribution in [-0.2, 0) is 0 Å². The van der Waals surface area contributed by atoms with E-state index in [0.29, 0.717) is 11.1 Å². The summed E-state index contributed by atoms with van der Waals surface area (Å²) >= 11 is 0. The Hall–Kier alpha value is -4.50. The highest BCUT2D eigenvalue weighted by Gasteiger charge is 2.15. The molecule has 0 unspecified atom stereocenters. The molecule has 0 fully saturated rings. The SMILES string of the molecule is Cc1ccc2ccccc2c1NC(=O)c1cccc2ccc(-c3cccc4ccccc34)nc12. The predicted octanol–water partition coefficient (Wildman–Crippen LogP) is 7.77. The fraction of sp³-hybridized carbons (Fsp3) is 0.0323. The van der Waals surface area contributed by atoms with Gasteiger partial charge >= 0.3 is 0 Å². The van der Waals surface area contributed by atoms with Crippen molar-refractivity contribution in [3.05, 3.63) is 120 Å². The second-order valence-electron chi connectivity index (χ2n) is 8.53. The van der Waals surface area contributed by atoms with Gasteiger partial charge in [0.25, 0.3) is 5.91 Å². The van der Waals surface area contributed by atoms with Gasteiger partial charge in [0.15, 0.2) is 0 Å². The molecule has 0 aliphatic rings. The number of aromatic nitrogens is 1. The number of para-hydroxylation sites is 1. The number of nitrogens with zero attached hydrogens (tertiary/aromatic N) is 1. The quantitative estimate of drug-likeness (QED) is 0.307. The smallest absolute Gasteiger partial charge is 0.257 e. The monoisotopic (exact) mass is 438 g/mol. The third kappa shape index (κ3) is 3.39. The second kappa shape index (κ2) is 8.13. The molecule has 1 heterocycles. The molecule has 3 heteroatoms. The van der Waals surface area contributed by atoms with Crippen molar-refractivity contribution in [1.29, 1.82) is 0 Å². The average molecular weight is 439 g/mol. The maximum absolute atomic E-state index is 13.5. The molecule has 0 aliphatic heterocycles. The molecule has 34 heavy (non-hydrogen) atoms. The van der Waals surface area contributed by atoms with Crippen LogP contribution in [0.4, 0.5) is 5.69 Å². The van der Waals surface area contributed by atoms with E-state index in [1.54, 1.807) is 0 Å². The van der Waals surface area contributed by atoms with Crippen LogP contribution in [-0.4, -0.2) is 10.9 Å². The number of benzene rings is 5. The van der Waals surface area contributed by atoms with Crippen LogP contribution in [0.15, 0.2) is 109 Å². The number of hydrogen-bond donors (Lipinski definition) is 1. The number of fused-ring (bicyclic) bond motifs is 3. The Morgan fingerprint density at radius 3 is 2.15 bits per heavy atom. The van der Waals surface area contributed by atoms with Crippen LogP contribution in [0.1, 0.15) is 15.9 Å². The zero-order valence-electron chi connectivity index (χ0n) is 18.7. The Bertz CT molecular complexity index is 1710. The summed E-state index contributed by atoms with van der Waals surface area (Å²) in [6.45, 7) is 2.02. The van der Waals surface area contributed by atoms with E-state index in [1.165, 1.54) is 5.39 Å². The molecule has 0 spiro atoms. The van der Waals surface area contributed by atoms with Gasteiger partial charge in [-0.05, 0) is 40.8 Å². The van der Waals surface area contributed by atoms with Crippen molar-refractivity contribution in [2.24, 2.45) is 0 Å². The lowest BCUT2D eigenvalue weighted by atomic mass is 10.0. The molecular formula is C31H22N2O. The number of pyridine rings is 1. The summed E-state index contributed by atoms with van der Waals surface area (Å²) in [6.07, 6.45) is 0. The van der Waals surface area contributed by atoms with Crippen LogP contribution in [0.2, 0.25) is 0 Å². The summed E-state index contributed by atoms with van der Waals surface area (Å²) in [6, 6.07) is 36.6. The molecule has 1 N–H and O–H groups in total. The molecule has 0 aliphatic carbocycles. The Balaban J connectivity index is 1.47. The average Bonchev–Trinajstić information content (AvgIpc) is 2.89. The fourth-order valence-corrected chi connectivity index (χ4v) is 4.66. The highest BCUT2D eigenvalue weighted by atomic mass is 16.1. The number of amides is 1. The number of rotatable bonds is 3. The molecule has 6 rings (SSSR count). The largest absolute Gasteiger partial charge is 0.321 e. The van der Waals surface area contributed by atoms with Gasteiger partial charge in [-0.2, -0.15) is 0 Å². The van der Waals surface area contributed by atoms with Gasteiger partial charge in [0.2, 0.25) is 0 Å². The first kappa shape index (κ1) is 20.1. The van der Waals surface area contributed by atoms with E-state index in [0.717, 1.165) is 44.1 Å². The van der Waals surface area contributed by atoms with Crippen LogP contribution in [0.25, 0.3) is 43.7 Å². The highest BCUT2D eigenvalue weighted by molar-refractivity contribution is 6.15. The molecule has 0 bridgehead atoms. The molecule has 162 valence electrons. The lowest BCUT2D eigenvalue weighted by Gasteiger charge is -2.14. The summed E-state index contributed by atoms with van der Waals surface area (Å²) in [5.41, 5.74) is 5.03. The van der Waals surface area contributed by atoms with Gasteiger partial charge < -0.3 is 5.32 Å². The molecule has 6 aromatic rings. The van der Waals surface area contributed by atoms with Gasteiger partial charge in [-0.3, -0.25) is 4.79 Å². The third-order valence-corrected chi connectivity index (χ3v) is 6.41. The summed E-state index contributed by atoms with van der Waals surface area (Å²) in [5.74, 6) is -0.160. The van der Waals surface area contributed by atoms with Crippen molar-refractivity contribution in [3.63, 3.8) is 0 Å². The molecule has 0 saturated carbocycles. The van der Waals surface area contributed by atoms with E-state index in [2.05, 4.69) is 41.7 Å². The number of aryl methyl sites for hydroxylation is 1. The Kier molecular flexibility index (Phi) is 4.81. The second-order valence-corrected chi connectivity index (χ2v) is 8.53. The van der Waals surface area contributed by atoms with Gasteiger partial charge in [0.1, 0.15) is 0 Å². The summed E-state index contributed by atoms with van der Waals surface area (Å²) in [5, 5.41) is 8.54. The molecular weight excluding hydrogens is 416 g/mol. The van der Waals surface area contributed by atoms with Crippen molar-refractivity contribution in [2.75, 3.05) is 5.32 Å². The minimum absolute atomic E-state index is 0.160. The Labute approximate surface area is 197 Å². The zero-order chi connectivity index (χ0) is 23.1. The molecule has 0 saturated heterocycles. The first-order chi connectivity index (χ1) is 16.7. The van der Waals surface area contributed by atoms with Crippen LogP contribution in [0.3, 0.4) is 0 Å². The normalized spacial score (nSPS) is 11.2. The lowest BCUT2D eigenvalue weighted by molar-refractivity contribution is 0.102. The number of carbonyl (C=O) groups excluding carboxylic acids is 1. The Morgan fingerprint density at radius 1 is 0.647 bits per heavy atom. The highest BCUT2D eigenvalue weighted by Crippen LogP contribution is 2.31. The van der Waals surface area contributed by atoms with Crippen LogP contribution >= 0.6 is 0 Å². The number of carbonyl (C=O) groups is 1. The van der Waals surface area contributed by atoms with Crippen LogP contribution < -0.4 is 5.32 Å². The van der Waals surface area contributed by atoms with Crippen LogP contribution in [0, 0.1) is 6.92 Å². The molecule has 1 aromatic heterocycles. The first-order valence-corrected chi connectivity index (χ1v) is 11.4. The minimum atomic E-state index is -0.160. The van der Waals surface area contributed by atoms with E-state index in [9.17, 15) is 4.79 Å². The number of hydrogen-bond acceptors (Lipinski definition) is 2. The van der Waals surface area contributed by atoms with E-state index in [-0.39, 0.29) is 5.91 Å². The van der Waals surface area contributed by atoms with Gasteiger partial charge in [-0.15, -0.1) is 0 Å². The summed E-state index contributed by atoms with van der Waals surface area (Å²) < 4.78 is 0. The molecule has 1 amide bonds. The van der Waals surface area contributed by atoms with Crippen molar-refractivity contribution in [3.8, 4) is 11.3 Å². The van der Waals surface area contributed by atoms with Crippen LogP contribution in [0.5, 0.6) is 0 Å². The standard InChI is InChI=1S/C31H22N2O/c1-20-16-17-22-9-3-5-13-25(22)29(20)33-31(34)27-15-7-11-23-18-19-28(32-30(23)27)26-14-6-10-21-8-2-4-12-24(21)26/h2-19H,1H3,(H,33,34). The predicted molar refractivity (Wildman–Crippen MR) is 141 cm³/mol. The van der Waals surface area contributed by atoms with Gasteiger partial charge in [0.05, 0.1) is 22.5 Å². The fourth-order valence-electron chi connectivity index (χ4n) is 4.66. The topological polar surface area (TPSA) is 42.0 Å². The number of nitrogens with one attached hydrogen (secondary N) is 1. The van der Waals surface area contributed by atoms with Gasteiger partial charge in [0, 0.05) is 16.3 Å². The first-order valence-electron chi connectivity index (χ1n) is 11.4. The third-order valence-electron chi connectivity index (χ3n) is 6.41. The van der Waals surface area contributed by atoms with E-state index < -0.39 is 0 Å². The maximum Gasteiger partial charge on any atom is 0.257 e. The zero-order valence-corrected chi connectivity index (χ0v) is 18.7. The van der Waals surface area contributed by atoms with Crippen molar-refractivity contribution >= 4 is 44.0 Å². The minimum Gasteiger partial charge on any atom is -0.321 e. The van der Waals surface area contributed by atoms with Gasteiger partial charge in [-0.1, -0.05) is 97.1 Å². The Morgan fingerprint density at radius 2 is 1.29 bits per heavy atom. The van der Waals surface area contributed by atoms with Crippen molar-refractivity contribution in [1.82, 2.24) is 4.98 Å². The maximum atomic E-state index is 13.5. The molecule has 3 nitrogen and oxygen atoms in total. The summed E-state index contributed by atoms with van der Waals surface area (Å²) in [4.78, 5) is 18.5. The molecule has 0 atom stereocenters. The molecule has 0 radical (unpaired) electrons. The van der Waals surface area contributed by atoms with E-state index >= 15 is 0 Å². The van der Waals surface area contributed by atoms with Crippen molar-refractivity contribution < 1.29 is 4.79 Å².